The van der Waals surface area contributed by atoms with Crippen molar-refractivity contribution < 1.29 is 34.2 Å². The number of carboxylic acids is 3. The van der Waals surface area contributed by atoms with Crippen molar-refractivity contribution in [2.45, 2.75) is 187 Å². The van der Waals surface area contributed by atoms with Crippen LogP contribution >= 0.6 is 0 Å². The van der Waals surface area contributed by atoms with Crippen molar-refractivity contribution >= 4 is 17.9 Å². The van der Waals surface area contributed by atoms with Gasteiger partial charge in [0.1, 0.15) is 0 Å². The molecule has 0 radical (unpaired) electrons. The number of carboxylic acid groups (broad SMARTS) is 3. The molecular formula is C36H69NO6. The molecule has 0 aromatic carbocycles. The molecule has 7 nitrogen and oxygen atoms in total. The number of quaternary nitrogens is 1. The molecule has 254 valence electrons. The Morgan fingerprint density at radius 2 is 0.674 bits per heavy atom. The van der Waals surface area contributed by atoms with Gasteiger partial charge in [-0.25, -0.2) is 0 Å². The number of rotatable bonds is 35. The smallest absolute Gasteiger partial charge is 0.303 e. The molecule has 0 bridgehead atoms. The monoisotopic (exact) mass is 612 g/mol. The zero-order valence-electron chi connectivity index (χ0n) is 28.1. The average molecular weight is 612 g/mol. The van der Waals surface area contributed by atoms with Gasteiger partial charge in [0.05, 0.1) is 39.0 Å². The van der Waals surface area contributed by atoms with Crippen molar-refractivity contribution in [2.24, 2.45) is 0 Å². The molecule has 0 rings (SSSR count). The van der Waals surface area contributed by atoms with Crippen LogP contribution in [-0.4, -0.2) is 58.8 Å². The Labute approximate surface area is 264 Å². The van der Waals surface area contributed by atoms with E-state index in [1.807, 2.05) is 0 Å². The average Bonchev–Trinajstić information content (AvgIpc) is 2.95. The van der Waals surface area contributed by atoms with Gasteiger partial charge >= 0.3 is 11.9 Å². The van der Waals surface area contributed by atoms with Crippen LogP contribution in [0.1, 0.15) is 187 Å². The summed E-state index contributed by atoms with van der Waals surface area (Å²) in [5.41, 5.74) is 0. The molecule has 7 heteroatoms. The number of nitrogens with zero attached hydrogens (tertiary/aromatic N) is 1. The Bertz CT molecular complexity index is 618. The summed E-state index contributed by atoms with van der Waals surface area (Å²) in [7, 11) is 0. The zero-order chi connectivity index (χ0) is 31.9. The lowest BCUT2D eigenvalue weighted by molar-refractivity contribution is -0.929. The fourth-order valence-corrected chi connectivity index (χ4v) is 6.42. The minimum Gasteiger partial charge on any atom is -0.550 e. The summed E-state index contributed by atoms with van der Waals surface area (Å²) < 4.78 is 0.618. The highest BCUT2D eigenvalue weighted by Gasteiger charge is 2.26. The number of carbonyl (C=O) groups excluding carboxylic acids is 1. The predicted molar refractivity (Wildman–Crippen MR) is 175 cm³/mol. The van der Waals surface area contributed by atoms with E-state index in [1.54, 1.807) is 0 Å². The summed E-state index contributed by atoms with van der Waals surface area (Å²) >= 11 is 0. The van der Waals surface area contributed by atoms with Gasteiger partial charge in [-0.3, -0.25) is 9.59 Å². The van der Waals surface area contributed by atoms with E-state index in [0.29, 0.717) is 43.4 Å². The first kappa shape index (κ1) is 41.4. The number of aliphatic carboxylic acids is 3. The lowest BCUT2D eigenvalue weighted by atomic mass is 10.0. The number of unbranched alkanes of at least 4 members (excludes halogenated alkanes) is 21. The number of hydrogen-bond acceptors (Lipinski definition) is 4. The van der Waals surface area contributed by atoms with Crippen LogP contribution in [0.3, 0.4) is 0 Å². The van der Waals surface area contributed by atoms with Gasteiger partial charge in [-0.2, -0.15) is 0 Å². The summed E-state index contributed by atoms with van der Waals surface area (Å²) in [5.74, 6) is -2.73. The van der Waals surface area contributed by atoms with Crippen molar-refractivity contribution in [2.75, 3.05) is 26.2 Å². The lowest BCUT2D eigenvalue weighted by Crippen LogP contribution is -2.51. The van der Waals surface area contributed by atoms with Crippen LogP contribution in [0.4, 0.5) is 0 Å². The molecule has 0 aromatic heterocycles. The highest BCUT2D eigenvalue weighted by molar-refractivity contribution is 5.66. The van der Waals surface area contributed by atoms with Crippen LogP contribution in [0.25, 0.3) is 0 Å². The van der Waals surface area contributed by atoms with Crippen molar-refractivity contribution in [3.63, 3.8) is 0 Å². The van der Waals surface area contributed by atoms with Crippen molar-refractivity contribution in [3.8, 4) is 0 Å². The molecule has 0 saturated carbocycles. The Morgan fingerprint density at radius 3 is 0.953 bits per heavy atom. The van der Waals surface area contributed by atoms with Crippen molar-refractivity contribution in [1.29, 1.82) is 0 Å². The second-order valence-corrected chi connectivity index (χ2v) is 13.1. The minimum atomic E-state index is -1.07. The lowest BCUT2D eigenvalue weighted by Gasteiger charge is -2.39. The first-order chi connectivity index (χ1) is 20.8. The van der Waals surface area contributed by atoms with Crippen LogP contribution in [0, 0.1) is 0 Å². The highest BCUT2D eigenvalue weighted by Crippen LogP contribution is 2.19. The van der Waals surface area contributed by atoms with Gasteiger partial charge in [-0.05, 0) is 19.3 Å². The Hall–Kier alpha value is -1.63. The maximum Gasteiger partial charge on any atom is 0.303 e. The zero-order valence-corrected chi connectivity index (χ0v) is 28.1. The highest BCUT2D eigenvalue weighted by atomic mass is 16.4. The molecule has 0 aliphatic carbocycles. The third-order valence-electron chi connectivity index (χ3n) is 9.05. The molecule has 0 amide bonds. The molecule has 0 fully saturated rings. The molecule has 0 aliphatic heterocycles. The first-order valence-corrected chi connectivity index (χ1v) is 18.3. The van der Waals surface area contributed by atoms with Crippen molar-refractivity contribution in [3.05, 3.63) is 0 Å². The molecule has 2 N–H and O–H groups in total. The maximum absolute atomic E-state index is 11.1. The van der Waals surface area contributed by atoms with E-state index >= 15 is 0 Å². The van der Waals surface area contributed by atoms with Gasteiger partial charge in [0.25, 0.3) is 0 Å². The van der Waals surface area contributed by atoms with E-state index in [-0.39, 0.29) is 19.3 Å². The van der Waals surface area contributed by atoms with Gasteiger partial charge < -0.3 is 24.6 Å². The Morgan fingerprint density at radius 1 is 0.419 bits per heavy atom. The van der Waals surface area contributed by atoms with Gasteiger partial charge in [-0.15, -0.1) is 0 Å². The van der Waals surface area contributed by atoms with Crippen molar-refractivity contribution in [1.82, 2.24) is 0 Å². The van der Waals surface area contributed by atoms with Crippen LogP contribution in [-0.2, 0) is 14.4 Å². The van der Waals surface area contributed by atoms with E-state index in [0.717, 1.165) is 19.4 Å². The molecule has 0 aliphatic rings. The molecule has 0 saturated heterocycles. The fourth-order valence-electron chi connectivity index (χ4n) is 6.42. The SMILES string of the molecule is CCCCCCCCCCCCCCCCCCCCCCCC[N+](CCCC(=O)[O-])(CCCC(=O)O)CCCC(=O)O. The number of hydrogen-bond donors (Lipinski definition) is 2. The molecule has 0 aromatic rings. The molecule has 0 atom stereocenters. The third-order valence-corrected chi connectivity index (χ3v) is 9.05. The molecule has 43 heavy (non-hydrogen) atoms. The topological polar surface area (TPSA) is 115 Å². The van der Waals surface area contributed by atoms with Gasteiger partial charge in [0, 0.05) is 25.2 Å². The van der Waals surface area contributed by atoms with Crippen LogP contribution in [0.15, 0.2) is 0 Å². The minimum absolute atomic E-state index is 0.0166. The van der Waals surface area contributed by atoms with Crippen LogP contribution in [0.2, 0.25) is 0 Å². The van der Waals surface area contributed by atoms with E-state index in [9.17, 15) is 19.5 Å². The largest absolute Gasteiger partial charge is 0.550 e. The summed E-state index contributed by atoms with van der Waals surface area (Å²) in [6.07, 6.45) is 31.2. The first-order valence-electron chi connectivity index (χ1n) is 18.3. The third kappa shape index (κ3) is 30.2. The predicted octanol–water partition coefficient (Wildman–Crippen LogP) is 8.67. The van der Waals surface area contributed by atoms with Crippen LogP contribution in [0.5, 0.6) is 0 Å². The second-order valence-electron chi connectivity index (χ2n) is 13.1. The van der Waals surface area contributed by atoms with E-state index in [4.69, 9.17) is 10.2 Å². The molecule has 0 unspecified atom stereocenters. The summed E-state index contributed by atoms with van der Waals surface area (Å²) in [6, 6.07) is 0. The maximum atomic E-state index is 11.1. The molecule has 0 spiro atoms. The van der Waals surface area contributed by atoms with Gasteiger partial charge in [-0.1, -0.05) is 135 Å². The van der Waals surface area contributed by atoms with E-state index < -0.39 is 17.9 Å². The van der Waals surface area contributed by atoms with E-state index in [1.165, 1.54) is 128 Å². The summed E-state index contributed by atoms with van der Waals surface area (Å²) in [4.78, 5) is 33.1. The second kappa shape index (κ2) is 30.4. The fraction of sp³-hybridized carbons (Fsp3) is 0.917. The molecule has 0 heterocycles. The standard InChI is InChI=1S/C36H69NO6/c1-2-3-4-5-6-7-8-9-10-11-12-13-14-15-16-17-18-19-20-21-22-23-30-37(31-24-27-34(38)39,32-25-28-35(40)41)33-26-29-36(42)43/h2-33H2,1H3,(H2-,38,39,40,41,42,43). The van der Waals surface area contributed by atoms with Crippen LogP contribution < -0.4 is 5.11 Å². The quantitative estimate of drug-likeness (QED) is 0.0547. The summed E-state index contributed by atoms with van der Waals surface area (Å²) in [6.45, 7) is 5.07. The number of carbonyl (C=O) groups is 3. The normalized spacial score (nSPS) is 11.7. The Balaban J connectivity index is 3.95. The Kier molecular flexibility index (Phi) is 29.2. The summed E-state index contributed by atoms with van der Waals surface area (Å²) in [5, 5.41) is 29.2. The van der Waals surface area contributed by atoms with Gasteiger partial charge in [0.15, 0.2) is 0 Å². The van der Waals surface area contributed by atoms with E-state index in [2.05, 4.69) is 6.92 Å². The molecular weight excluding hydrogens is 542 g/mol. The van der Waals surface area contributed by atoms with Gasteiger partial charge in [0.2, 0.25) is 0 Å².